The lowest BCUT2D eigenvalue weighted by molar-refractivity contribution is 0.0993. The fourth-order valence-electron chi connectivity index (χ4n) is 2.30. The predicted molar refractivity (Wildman–Crippen MR) is 98.7 cm³/mol. The first-order valence-corrected chi connectivity index (χ1v) is 8.32. The molecule has 0 fully saturated rings. The number of rotatable bonds is 5. The Morgan fingerprint density at radius 1 is 1.08 bits per heavy atom. The van der Waals surface area contributed by atoms with Crippen molar-refractivity contribution in [2.24, 2.45) is 0 Å². The third kappa shape index (κ3) is 4.06. The van der Waals surface area contributed by atoms with Gasteiger partial charge in [0, 0.05) is 28.3 Å². The minimum atomic E-state index is 0.0683. The van der Waals surface area contributed by atoms with Crippen molar-refractivity contribution in [1.29, 1.82) is 0 Å². The smallest absolute Gasteiger partial charge is 0.167 e. The number of halogens is 1. The van der Waals surface area contributed by atoms with E-state index in [9.17, 15) is 4.79 Å². The van der Waals surface area contributed by atoms with Gasteiger partial charge in [0.25, 0.3) is 0 Å². The van der Waals surface area contributed by atoms with E-state index < -0.39 is 0 Å². The van der Waals surface area contributed by atoms with Crippen molar-refractivity contribution in [2.45, 2.75) is 13.3 Å². The summed E-state index contributed by atoms with van der Waals surface area (Å²) in [7, 11) is 0. The molecule has 2 heterocycles. The number of benzene rings is 1. The summed E-state index contributed by atoms with van der Waals surface area (Å²) < 4.78 is 0.956. The van der Waals surface area contributed by atoms with Crippen molar-refractivity contribution in [2.75, 3.05) is 5.32 Å². The number of carbonyl (C=O) groups excluding carboxylic acids is 1. The molecule has 0 aliphatic heterocycles. The van der Waals surface area contributed by atoms with Crippen LogP contribution in [0.2, 0.25) is 0 Å². The molecule has 0 amide bonds. The second kappa shape index (κ2) is 7.36. The van der Waals surface area contributed by atoms with E-state index in [0.717, 1.165) is 27.1 Å². The Kier molecular flexibility index (Phi) is 5.01. The highest BCUT2D eigenvalue weighted by Crippen LogP contribution is 2.21. The molecule has 0 saturated carbocycles. The molecule has 1 N–H and O–H groups in total. The van der Waals surface area contributed by atoms with Crippen molar-refractivity contribution in [3.05, 3.63) is 82.3 Å². The number of carbonyl (C=O) groups is 1. The molecule has 1 aromatic carbocycles. The van der Waals surface area contributed by atoms with Crippen molar-refractivity contribution in [1.82, 2.24) is 9.97 Å². The number of hydrogen-bond donors (Lipinski definition) is 1. The maximum atomic E-state index is 12.5. The lowest BCUT2D eigenvalue weighted by atomic mass is 10.0. The Morgan fingerprint density at radius 2 is 1.88 bits per heavy atom. The van der Waals surface area contributed by atoms with Gasteiger partial charge in [-0.05, 0) is 42.8 Å². The number of hydrogen-bond acceptors (Lipinski definition) is 4. The molecule has 0 radical (unpaired) electrons. The maximum absolute atomic E-state index is 12.5. The standard InChI is InChI=1S/C19H16BrN3O/c1-13-2-7-17(11-22-13)23-18-12-21-9-8-15(18)10-19(24)14-3-5-16(20)6-4-14/h2-9,11-12,23H,10H2,1H3. The van der Waals surface area contributed by atoms with Gasteiger partial charge in [-0.25, -0.2) is 0 Å². The Labute approximate surface area is 149 Å². The van der Waals surface area contributed by atoms with Gasteiger partial charge in [0.1, 0.15) is 0 Å². The van der Waals surface area contributed by atoms with E-state index in [1.54, 1.807) is 18.6 Å². The second-order valence-corrected chi connectivity index (χ2v) is 6.37. The maximum Gasteiger partial charge on any atom is 0.167 e. The molecule has 0 atom stereocenters. The van der Waals surface area contributed by atoms with Gasteiger partial charge in [0.2, 0.25) is 0 Å². The molecule has 120 valence electrons. The van der Waals surface area contributed by atoms with Gasteiger partial charge in [-0.2, -0.15) is 0 Å². The fraction of sp³-hybridized carbons (Fsp3) is 0.105. The minimum absolute atomic E-state index is 0.0683. The highest BCUT2D eigenvalue weighted by molar-refractivity contribution is 9.10. The van der Waals surface area contributed by atoms with Gasteiger partial charge in [-0.1, -0.05) is 28.1 Å². The van der Waals surface area contributed by atoms with Crippen LogP contribution in [0.25, 0.3) is 0 Å². The average Bonchev–Trinajstić information content (AvgIpc) is 2.59. The second-order valence-electron chi connectivity index (χ2n) is 5.45. The Balaban J connectivity index is 1.79. The van der Waals surface area contributed by atoms with Crippen LogP contribution in [0.4, 0.5) is 11.4 Å². The topological polar surface area (TPSA) is 54.9 Å². The zero-order valence-corrected chi connectivity index (χ0v) is 14.7. The molecule has 24 heavy (non-hydrogen) atoms. The van der Waals surface area contributed by atoms with E-state index in [1.165, 1.54) is 0 Å². The first kappa shape index (κ1) is 16.3. The first-order valence-electron chi connectivity index (χ1n) is 7.53. The Hall–Kier alpha value is -2.53. The molecule has 0 saturated heterocycles. The fourth-order valence-corrected chi connectivity index (χ4v) is 2.56. The van der Waals surface area contributed by atoms with Gasteiger partial charge in [-0.15, -0.1) is 0 Å². The largest absolute Gasteiger partial charge is 0.353 e. The minimum Gasteiger partial charge on any atom is -0.353 e. The van der Waals surface area contributed by atoms with Crippen LogP contribution < -0.4 is 5.32 Å². The highest BCUT2D eigenvalue weighted by atomic mass is 79.9. The van der Waals surface area contributed by atoms with Crippen LogP contribution >= 0.6 is 15.9 Å². The van der Waals surface area contributed by atoms with Crippen LogP contribution in [0, 0.1) is 6.92 Å². The summed E-state index contributed by atoms with van der Waals surface area (Å²) in [4.78, 5) is 20.9. The van der Waals surface area contributed by atoms with Gasteiger partial charge >= 0.3 is 0 Å². The summed E-state index contributed by atoms with van der Waals surface area (Å²) in [6.07, 6.45) is 5.50. The average molecular weight is 382 g/mol. The molecule has 4 nitrogen and oxygen atoms in total. The van der Waals surface area contributed by atoms with Gasteiger partial charge in [0.05, 0.1) is 23.8 Å². The monoisotopic (exact) mass is 381 g/mol. The molecule has 0 aliphatic carbocycles. The lowest BCUT2D eigenvalue weighted by Crippen LogP contribution is -2.06. The normalized spacial score (nSPS) is 10.4. The van der Waals surface area contributed by atoms with Crippen molar-refractivity contribution < 1.29 is 4.79 Å². The van der Waals surface area contributed by atoms with Crippen LogP contribution in [0.15, 0.2) is 65.5 Å². The zero-order chi connectivity index (χ0) is 16.9. The number of aromatic nitrogens is 2. The summed E-state index contributed by atoms with van der Waals surface area (Å²) in [5.74, 6) is 0.0683. The van der Waals surface area contributed by atoms with Crippen molar-refractivity contribution in [3.63, 3.8) is 0 Å². The highest BCUT2D eigenvalue weighted by Gasteiger charge is 2.11. The van der Waals surface area contributed by atoms with Crippen LogP contribution in [0.1, 0.15) is 21.6 Å². The molecule has 0 bridgehead atoms. The molecule has 0 unspecified atom stereocenters. The summed E-state index contributed by atoms with van der Waals surface area (Å²) in [6, 6.07) is 13.1. The molecule has 3 aromatic rings. The summed E-state index contributed by atoms with van der Waals surface area (Å²) in [5, 5.41) is 3.28. The summed E-state index contributed by atoms with van der Waals surface area (Å²) in [6.45, 7) is 1.94. The molecule has 2 aromatic heterocycles. The number of pyridine rings is 2. The van der Waals surface area contributed by atoms with Gasteiger partial charge in [0.15, 0.2) is 5.78 Å². The number of aryl methyl sites for hydroxylation is 1. The van der Waals surface area contributed by atoms with Crippen LogP contribution in [-0.2, 0) is 6.42 Å². The van der Waals surface area contributed by atoms with Crippen molar-refractivity contribution in [3.8, 4) is 0 Å². The van der Waals surface area contributed by atoms with E-state index in [2.05, 4.69) is 31.2 Å². The molecular formula is C19H16BrN3O. The zero-order valence-electron chi connectivity index (χ0n) is 13.2. The number of Topliss-reactive ketones (excluding diaryl/α,β-unsaturated/α-hetero) is 1. The van der Waals surface area contributed by atoms with E-state index in [4.69, 9.17) is 0 Å². The quantitative estimate of drug-likeness (QED) is 0.649. The van der Waals surface area contributed by atoms with Crippen LogP contribution in [-0.4, -0.2) is 15.8 Å². The molecule has 0 aliphatic rings. The molecule has 3 rings (SSSR count). The van der Waals surface area contributed by atoms with Gasteiger partial charge in [-0.3, -0.25) is 14.8 Å². The SMILES string of the molecule is Cc1ccc(Nc2cnccc2CC(=O)c2ccc(Br)cc2)cn1. The third-order valence-corrected chi connectivity index (χ3v) is 4.15. The predicted octanol–water partition coefficient (Wildman–Crippen LogP) is 4.72. The Morgan fingerprint density at radius 3 is 2.58 bits per heavy atom. The third-order valence-electron chi connectivity index (χ3n) is 3.62. The van der Waals surface area contributed by atoms with Crippen LogP contribution in [0.3, 0.4) is 0 Å². The van der Waals surface area contributed by atoms with Crippen LogP contribution in [0.5, 0.6) is 0 Å². The summed E-state index contributed by atoms with van der Waals surface area (Å²) in [5.41, 5.74) is 4.23. The van der Waals surface area contributed by atoms with E-state index >= 15 is 0 Å². The van der Waals surface area contributed by atoms with E-state index in [0.29, 0.717) is 12.0 Å². The first-order chi connectivity index (χ1) is 11.6. The van der Waals surface area contributed by atoms with Gasteiger partial charge < -0.3 is 5.32 Å². The molecule has 0 spiro atoms. The van der Waals surface area contributed by atoms with E-state index in [-0.39, 0.29) is 5.78 Å². The number of nitrogens with zero attached hydrogens (tertiary/aromatic N) is 2. The number of nitrogens with one attached hydrogen (secondary N) is 1. The Bertz CT molecular complexity index is 845. The summed E-state index contributed by atoms with van der Waals surface area (Å²) >= 11 is 3.38. The number of anilines is 2. The van der Waals surface area contributed by atoms with Crippen molar-refractivity contribution >= 4 is 33.1 Å². The molecule has 5 heteroatoms. The lowest BCUT2D eigenvalue weighted by Gasteiger charge is -2.11. The molecular weight excluding hydrogens is 366 g/mol. The van der Waals surface area contributed by atoms with E-state index in [1.807, 2.05) is 49.4 Å². The number of ketones is 1.